The standard InChI is InChI=1S/C17H20N2OS/c1-19(2)12-15-5-3-14(4-6-15)11-18-17(20)8-7-16-9-10-21-13-16/h3-10,13H,11-12H2,1-2H3,(H,18,20). The maximum absolute atomic E-state index is 11.7. The number of nitrogens with one attached hydrogen (secondary N) is 1. The fraction of sp³-hybridized carbons (Fsp3) is 0.235. The van der Waals surface area contributed by atoms with Crippen LogP contribution in [0.25, 0.3) is 6.08 Å². The van der Waals surface area contributed by atoms with E-state index in [9.17, 15) is 4.79 Å². The Morgan fingerprint density at radius 2 is 1.90 bits per heavy atom. The summed E-state index contributed by atoms with van der Waals surface area (Å²) in [6.07, 6.45) is 3.40. The summed E-state index contributed by atoms with van der Waals surface area (Å²) in [5, 5.41) is 6.89. The zero-order chi connectivity index (χ0) is 15.1. The van der Waals surface area contributed by atoms with Gasteiger partial charge in [-0.15, -0.1) is 0 Å². The fourth-order valence-electron chi connectivity index (χ4n) is 1.92. The van der Waals surface area contributed by atoms with Crippen molar-refractivity contribution >= 4 is 23.3 Å². The summed E-state index contributed by atoms with van der Waals surface area (Å²) in [6, 6.07) is 10.3. The van der Waals surface area contributed by atoms with Crippen LogP contribution >= 0.6 is 11.3 Å². The molecule has 1 amide bonds. The molecule has 0 aliphatic heterocycles. The minimum Gasteiger partial charge on any atom is -0.348 e. The first kappa shape index (κ1) is 15.5. The predicted octanol–water partition coefficient (Wildman–Crippen LogP) is 3.14. The van der Waals surface area contributed by atoms with E-state index in [0.717, 1.165) is 17.7 Å². The van der Waals surface area contributed by atoms with Crippen molar-refractivity contribution in [2.45, 2.75) is 13.1 Å². The molecule has 0 saturated heterocycles. The molecule has 21 heavy (non-hydrogen) atoms. The number of hydrogen-bond acceptors (Lipinski definition) is 3. The highest BCUT2D eigenvalue weighted by atomic mass is 32.1. The van der Waals surface area contributed by atoms with Crippen LogP contribution in [0.1, 0.15) is 16.7 Å². The Labute approximate surface area is 129 Å². The van der Waals surface area contributed by atoms with E-state index in [1.54, 1.807) is 17.4 Å². The van der Waals surface area contributed by atoms with Crippen LogP contribution < -0.4 is 5.32 Å². The van der Waals surface area contributed by atoms with Gasteiger partial charge in [0, 0.05) is 19.2 Å². The molecule has 1 aromatic heterocycles. The first-order chi connectivity index (χ1) is 10.1. The van der Waals surface area contributed by atoms with E-state index < -0.39 is 0 Å². The van der Waals surface area contributed by atoms with E-state index in [2.05, 4.69) is 34.5 Å². The predicted molar refractivity (Wildman–Crippen MR) is 89.0 cm³/mol. The molecule has 0 spiro atoms. The van der Waals surface area contributed by atoms with Crippen LogP contribution in [0.5, 0.6) is 0 Å². The largest absolute Gasteiger partial charge is 0.348 e. The number of carbonyl (C=O) groups is 1. The van der Waals surface area contributed by atoms with Gasteiger partial charge in [-0.05, 0) is 53.7 Å². The molecule has 2 aromatic rings. The molecule has 1 N–H and O–H groups in total. The van der Waals surface area contributed by atoms with Gasteiger partial charge in [0.05, 0.1) is 0 Å². The molecule has 0 atom stereocenters. The minimum absolute atomic E-state index is 0.0708. The lowest BCUT2D eigenvalue weighted by molar-refractivity contribution is -0.116. The van der Waals surface area contributed by atoms with Crippen molar-refractivity contribution in [2.75, 3.05) is 14.1 Å². The number of benzene rings is 1. The maximum atomic E-state index is 11.7. The topological polar surface area (TPSA) is 32.3 Å². The van der Waals surface area contributed by atoms with Gasteiger partial charge in [0.1, 0.15) is 0 Å². The van der Waals surface area contributed by atoms with Gasteiger partial charge >= 0.3 is 0 Å². The lowest BCUT2D eigenvalue weighted by Gasteiger charge is -2.10. The molecule has 1 heterocycles. The molecule has 0 saturated carbocycles. The monoisotopic (exact) mass is 300 g/mol. The molecule has 4 heteroatoms. The van der Waals surface area contributed by atoms with Crippen LogP contribution in [0.3, 0.4) is 0 Å². The number of amides is 1. The molecule has 0 radical (unpaired) electrons. The second-order valence-electron chi connectivity index (χ2n) is 5.16. The Hall–Kier alpha value is -1.91. The lowest BCUT2D eigenvalue weighted by Crippen LogP contribution is -2.20. The van der Waals surface area contributed by atoms with Gasteiger partial charge in [0.25, 0.3) is 0 Å². The number of nitrogens with zero attached hydrogens (tertiary/aromatic N) is 1. The highest BCUT2D eigenvalue weighted by molar-refractivity contribution is 7.08. The Morgan fingerprint density at radius 1 is 1.19 bits per heavy atom. The maximum Gasteiger partial charge on any atom is 0.244 e. The van der Waals surface area contributed by atoms with Gasteiger partial charge in [-0.3, -0.25) is 4.79 Å². The first-order valence-corrected chi connectivity index (χ1v) is 7.78. The molecule has 0 bridgehead atoms. The second kappa shape index (κ2) is 7.76. The van der Waals surface area contributed by atoms with Crippen LogP contribution in [-0.4, -0.2) is 24.9 Å². The van der Waals surface area contributed by atoms with Crippen molar-refractivity contribution in [3.63, 3.8) is 0 Å². The average molecular weight is 300 g/mol. The molecule has 0 fully saturated rings. The highest BCUT2D eigenvalue weighted by Crippen LogP contribution is 2.08. The molecule has 0 unspecified atom stereocenters. The van der Waals surface area contributed by atoms with Crippen LogP contribution in [0.4, 0.5) is 0 Å². The highest BCUT2D eigenvalue weighted by Gasteiger charge is 1.99. The fourth-order valence-corrected chi connectivity index (χ4v) is 2.55. The number of carbonyl (C=O) groups excluding carboxylic acids is 1. The van der Waals surface area contributed by atoms with Crippen molar-refractivity contribution in [1.29, 1.82) is 0 Å². The molecular formula is C17H20N2OS. The van der Waals surface area contributed by atoms with E-state index in [0.29, 0.717) is 6.54 Å². The Balaban J connectivity index is 1.81. The second-order valence-corrected chi connectivity index (χ2v) is 5.94. The third-order valence-electron chi connectivity index (χ3n) is 2.96. The third kappa shape index (κ3) is 5.53. The lowest BCUT2D eigenvalue weighted by atomic mass is 10.1. The summed E-state index contributed by atoms with van der Waals surface area (Å²) in [6.45, 7) is 1.48. The summed E-state index contributed by atoms with van der Waals surface area (Å²) < 4.78 is 0. The number of rotatable bonds is 6. The van der Waals surface area contributed by atoms with Crippen LogP contribution in [0, 0.1) is 0 Å². The molecule has 0 aliphatic carbocycles. The summed E-state index contributed by atoms with van der Waals surface area (Å²) >= 11 is 1.62. The van der Waals surface area contributed by atoms with Crippen LogP contribution in [-0.2, 0) is 17.9 Å². The van der Waals surface area contributed by atoms with E-state index >= 15 is 0 Å². The van der Waals surface area contributed by atoms with Gasteiger partial charge in [-0.1, -0.05) is 24.3 Å². The van der Waals surface area contributed by atoms with E-state index in [-0.39, 0.29) is 5.91 Å². The van der Waals surface area contributed by atoms with Gasteiger partial charge in [-0.2, -0.15) is 11.3 Å². The average Bonchev–Trinajstić information content (AvgIpc) is 2.97. The van der Waals surface area contributed by atoms with Gasteiger partial charge in [0.2, 0.25) is 5.91 Å². The molecule has 110 valence electrons. The number of hydrogen-bond donors (Lipinski definition) is 1. The summed E-state index contributed by atoms with van der Waals surface area (Å²) in [5.41, 5.74) is 3.44. The third-order valence-corrected chi connectivity index (χ3v) is 3.66. The zero-order valence-corrected chi connectivity index (χ0v) is 13.2. The first-order valence-electron chi connectivity index (χ1n) is 6.84. The summed E-state index contributed by atoms with van der Waals surface area (Å²) in [5.74, 6) is -0.0708. The van der Waals surface area contributed by atoms with Crippen molar-refractivity contribution in [2.24, 2.45) is 0 Å². The summed E-state index contributed by atoms with van der Waals surface area (Å²) in [7, 11) is 4.10. The van der Waals surface area contributed by atoms with Crippen LogP contribution in [0.2, 0.25) is 0 Å². The van der Waals surface area contributed by atoms with Gasteiger partial charge in [-0.25, -0.2) is 0 Å². The van der Waals surface area contributed by atoms with E-state index in [4.69, 9.17) is 0 Å². The SMILES string of the molecule is CN(C)Cc1ccc(CNC(=O)C=Cc2ccsc2)cc1. The summed E-state index contributed by atoms with van der Waals surface area (Å²) in [4.78, 5) is 13.9. The zero-order valence-electron chi connectivity index (χ0n) is 12.4. The van der Waals surface area contributed by atoms with E-state index in [1.165, 1.54) is 5.56 Å². The van der Waals surface area contributed by atoms with Crippen molar-refractivity contribution in [3.05, 3.63) is 63.9 Å². The van der Waals surface area contributed by atoms with E-state index in [1.807, 2.05) is 37.0 Å². The van der Waals surface area contributed by atoms with Crippen molar-refractivity contribution < 1.29 is 4.79 Å². The van der Waals surface area contributed by atoms with Gasteiger partial charge < -0.3 is 10.2 Å². The quantitative estimate of drug-likeness (QED) is 0.831. The smallest absolute Gasteiger partial charge is 0.244 e. The Kier molecular flexibility index (Phi) is 5.72. The number of thiophene rings is 1. The Bertz CT molecular complexity index is 586. The normalized spacial score (nSPS) is 11.2. The molecule has 1 aromatic carbocycles. The molecule has 3 nitrogen and oxygen atoms in total. The molecular weight excluding hydrogens is 280 g/mol. The minimum atomic E-state index is -0.0708. The van der Waals surface area contributed by atoms with Gasteiger partial charge in [0.15, 0.2) is 0 Å². The van der Waals surface area contributed by atoms with Crippen LogP contribution in [0.15, 0.2) is 47.2 Å². The Morgan fingerprint density at radius 3 is 2.52 bits per heavy atom. The molecule has 0 aliphatic rings. The van der Waals surface area contributed by atoms with Crippen molar-refractivity contribution in [1.82, 2.24) is 10.2 Å². The van der Waals surface area contributed by atoms with Crippen molar-refractivity contribution in [3.8, 4) is 0 Å². The molecule has 2 rings (SSSR count).